The summed E-state index contributed by atoms with van der Waals surface area (Å²) in [6, 6.07) is 9.16. The zero-order chi connectivity index (χ0) is 15.1. The molecule has 1 aromatic carbocycles. The van der Waals surface area contributed by atoms with Crippen LogP contribution in [0.2, 0.25) is 5.02 Å². The van der Waals surface area contributed by atoms with Crippen LogP contribution in [0.25, 0.3) is 0 Å². The van der Waals surface area contributed by atoms with Gasteiger partial charge in [0.15, 0.2) is 0 Å². The maximum atomic E-state index is 12.0. The summed E-state index contributed by atoms with van der Waals surface area (Å²) >= 11 is 5.94. The van der Waals surface area contributed by atoms with Crippen molar-refractivity contribution < 1.29 is 4.79 Å². The highest BCUT2D eigenvalue weighted by Crippen LogP contribution is 2.20. The number of carbonyl (C=O) groups excluding carboxylic acids is 1. The molecule has 0 aliphatic carbocycles. The molecule has 0 bridgehead atoms. The topological polar surface area (TPSA) is 54.0 Å². The second kappa shape index (κ2) is 7.64. The van der Waals surface area contributed by atoms with Gasteiger partial charge in [0.05, 0.1) is 17.4 Å². The maximum Gasteiger partial charge on any atom is 0.252 e. The smallest absolute Gasteiger partial charge is 0.252 e. The zero-order valence-corrected chi connectivity index (χ0v) is 12.7. The molecule has 4 nitrogen and oxygen atoms in total. The van der Waals surface area contributed by atoms with Crippen molar-refractivity contribution in [3.63, 3.8) is 0 Å². The molecule has 5 heteroatoms. The molecule has 0 saturated carbocycles. The molecule has 0 unspecified atom stereocenters. The Bertz CT molecular complexity index is 616. The van der Waals surface area contributed by atoms with Crippen LogP contribution in [0.4, 0.5) is 11.4 Å². The minimum atomic E-state index is -0.106. The molecule has 1 aromatic heterocycles. The number of anilines is 2. The highest BCUT2D eigenvalue weighted by Gasteiger charge is 2.06. The summed E-state index contributed by atoms with van der Waals surface area (Å²) in [6.07, 6.45) is 5.25. The summed E-state index contributed by atoms with van der Waals surface area (Å²) in [5.74, 6) is -0.106. The first-order valence-electron chi connectivity index (χ1n) is 6.95. The Morgan fingerprint density at radius 2 is 2.10 bits per heavy atom. The summed E-state index contributed by atoms with van der Waals surface area (Å²) in [5, 5.41) is 6.71. The summed E-state index contributed by atoms with van der Waals surface area (Å²) in [4.78, 5) is 16.1. The summed E-state index contributed by atoms with van der Waals surface area (Å²) < 4.78 is 0. The average molecular weight is 304 g/mol. The van der Waals surface area contributed by atoms with E-state index in [1.807, 2.05) is 24.3 Å². The van der Waals surface area contributed by atoms with Crippen molar-refractivity contribution in [3.8, 4) is 0 Å². The Morgan fingerprint density at radius 1 is 1.24 bits per heavy atom. The van der Waals surface area contributed by atoms with E-state index in [4.69, 9.17) is 11.6 Å². The molecule has 2 rings (SSSR count). The quantitative estimate of drug-likeness (QED) is 0.793. The molecule has 0 spiro atoms. The largest absolute Gasteiger partial charge is 0.354 e. The molecule has 21 heavy (non-hydrogen) atoms. The Morgan fingerprint density at radius 3 is 2.86 bits per heavy atom. The average Bonchev–Trinajstić information content (AvgIpc) is 2.48. The minimum Gasteiger partial charge on any atom is -0.354 e. The third-order valence-electron chi connectivity index (χ3n) is 2.93. The van der Waals surface area contributed by atoms with E-state index in [1.54, 1.807) is 18.5 Å². The lowest BCUT2D eigenvalue weighted by Crippen LogP contribution is -2.24. The van der Waals surface area contributed by atoms with Crippen LogP contribution >= 0.6 is 11.6 Å². The molecule has 110 valence electrons. The van der Waals surface area contributed by atoms with Crippen molar-refractivity contribution in [1.29, 1.82) is 0 Å². The number of benzene rings is 1. The number of nitrogens with one attached hydrogen (secondary N) is 2. The highest BCUT2D eigenvalue weighted by molar-refractivity contribution is 6.30. The summed E-state index contributed by atoms with van der Waals surface area (Å²) in [7, 11) is 0. The molecule has 0 aliphatic rings. The van der Waals surface area contributed by atoms with Crippen molar-refractivity contribution in [1.82, 2.24) is 10.3 Å². The molecule has 2 N–H and O–H groups in total. The van der Waals surface area contributed by atoms with Crippen LogP contribution in [0.5, 0.6) is 0 Å². The number of nitrogens with zero attached hydrogens (tertiary/aromatic N) is 1. The summed E-state index contributed by atoms with van der Waals surface area (Å²) in [6.45, 7) is 2.77. The van der Waals surface area contributed by atoms with Crippen LogP contribution in [-0.2, 0) is 0 Å². The van der Waals surface area contributed by atoms with Crippen LogP contribution in [0, 0.1) is 0 Å². The SMILES string of the molecule is CCCCNC(=O)c1cncc(Nc2cccc(Cl)c2)c1. The molecule has 0 radical (unpaired) electrons. The lowest BCUT2D eigenvalue weighted by molar-refractivity contribution is 0.0953. The van der Waals surface area contributed by atoms with Gasteiger partial charge < -0.3 is 10.6 Å². The highest BCUT2D eigenvalue weighted by atomic mass is 35.5. The number of unbranched alkanes of at least 4 members (excludes halogenated alkanes) is 1. The second-order valence-electron chi connectivity index (χ2n) is 4.71. The zero-order valence-electron chi connectivity index (χ0n) is 11.9. The Balaban J connectivity index is 2.05. The van der Waals surface area contributed by atoms with E-state index in [1.165, 1.54) is 0 Å². The second-order valence-corrected chi connectivity index (χ2v) is 5.14. The van der Waals surface area contributed by atoms with E-state index in [2.05, 4.69) is 22.5 Å². The van der Waals surface area contributed by atoms with E-state index in [0.29, 0.717) is 17.1 Å². The van der Waals surface area contributed by atoms with Gasteiger partial charge in [-0.05, 0) is 30.7 Å². The predicted molar refractivity (Wildman–Crippen MR) is 86.2 cm³/mol. The van der Waals surface area contributed by atoms with Crippen molar-refractivity contribution in [2.45, 2.75) is 19.8 Å². The first-order chi connectivity index (χ1) is 10.2. The standard InChI is InChI=1S/C16H18ClN3O/c1-2-3-7-19-16(21)12-8-15(11-18-10-12)20-14-6-4-5-13(17)9-14/h4-6,8-11,20H,2-3,7H2,1H3,(H,19,21). The molecule has 1 heterocycles. The van der Waals surface area contributed by atoms with Gasteiger partial charge in [-0.15, -0.1) is 0 Å². The van der Waals surface area contributed by atoms with E-state index in [9.17, 15) is 4.79 Å². The maximum absolute atomic E-state index is 12.0. The van der Waals surface area contributed by atoms with E-state index in [0.717, 1.165) is 24.2 Å². The molecule has 0 saturated heterocycles. The lowest BCUT2D eigenvalue weighted by atomic mass is 10.2. The molecule has 0 aliphatic heterocycles. The van der Waals surface area contributed by atoms with Crippen LogP contribution in [-0.4, -0.2) is 17.4 Å². The predicted octanol–water partition coefficient (Wildman–Crippen LogP) is 4.01. The van der Waals surface area contributed by atoms with Crippen molar-refractivity contribution in [2.75, 3.05) is 11.9 Å². The van der Waals surface area contributed by atoms with Crippen LogP contribution in [0.1, 0.15) is 30.1 Å². The monoisotopic (exact) mass is 303 g/mol. The first kappa shape index (κ1) is 15.3. The van der Waals surface area contributed by atoms with Crippen LogP contribution < -0.4 is 10.6 Å². The minimum absolute atomic E-state index is 0.106. The lowest BCUT2D eigenvalue weighted by Gasteiger charge is -2.08. The van der Waals surface area contributed by atoms with Gasteiger partial charge in [0.1, 0.15) is 0 Å². The third-order valence-corrected chi connectivity index (χ3v) is 3.16. The number of hydrogen-bond donors (Lipinski definition) is 2. The molecule has 2 aromatic rings. The Kier molecular flexibility index (Phi) is 5.58. The number of aromatic nitrogens is 1. The normalized spacial score (nSPS) is 10.2. The number of carbonyl (C=O) groups is 1. The van der Waals surface area contributed by atoms with E-state index < -0.39 is 0 Å². The fourth-order valence-electron chi connectivity index (χ4n) is 1.85. The van der Waals surface area contributed by atoms with Gasteiger partial charge in [0.2, 0.25) is 0 Å². The van der Waals surface area contributed by atoms with Crippen molar-refractivity contribution in [2.24, 2.45) is 0 Å². The van der Waals surface area contributed by atoms with Gasteiger partial charge in [-0.25, -0.2) is 0 Å². The van der Waals surface area contributed by atoms with Crippen LogP contribution in [0.3, 0.4) is 0 Å². The molecular weight excluding hydrogens is 286 g/mol. The van der Waals surface area contributed by atoms with Gasteiger partial charge in [0, 0.05) is 23.5 Å². The van der Waals surface area contributed by atoms with Gasteiger partial charge >= 0.3 is 0 Å². The van der Waals surface area contributed by atoms with Gasteiger partial charge in [-0.2, -0.15) is 0 Å². The Hall–Kier alpha value is -2.07. The van der Waals surface area contributed by atoms with Gasteiger partial charge in [0.25, 0.3) is 5.91 Å². The van der Waals surface area contributed by atoms with Crippen molar-refractivity contribution in [3.05, 3.63) is 53.3 Å². The molecule has 0 fully saturated rings. The molecule has 0 atom stereocenters. The molecular formula is C16H18ClN3O. The number of hydrogen-bond acceptors (Lipinski definition) is 3. The number of halogens is 1. The number of rotatable bonds is 6. The number of amides is 1. The Labute approximate surface area is 129 Å². The third kappa shape index (κ3) is 4.76. The summed E-state index contributed by atoms with van der Waals surface area (Å²) in [5.41, 5.74) is 2.14. The van der Waals surface area contributed by atoms with Gasteiger partial charge in [-0.3, -0.25) is 9.78 Å². The molecule has 1 amide bonds. The number of pyridine rings is 1. The van der Waals surface area contributed by atoms with Crippen LogP contribution in [0.15, 0.2) is 42.7 Å². The van der Waals surface area contributed by atoms with Gasteiger partial charge in [-0.1, -0.05) is 31.0 Å². The van der Waals surface area contributed by atoms with E-state index in [-0.39, 0.29) is 5.91 Å². The van der Waals surface area contributed by atoms with E-state index >= 15 is 0 Å². The fourth-order valence-corrected chi connectivity index (χ4v) is 2.04. The first-order valence-corrected chi connectivity index (χ1v) is 7.32. The van der Waals surface area contributed by atoms with Crippen molar-refractivity contribution >= 4 is 28.9 Å². The fraction of sp³-hybridized carbons (Fsp3) is 0.250.